The van der Waals surface area contributed by atoms with Gasteiger partial charge in [0.2, 0.25) is 5.91 Å². The van der Waals surface area contributed by atoms with Gasteiger partial charge in [-0.15, -0.1) is 0 Å². The van der Waals surface area contributed by atoms with E-state index in [2.05, 4.69) is 10.6 Å². The summed E-state index contributed by atoms with van der Waals surface area (Å²) in [4.78, 5) is 36.0. The first kappa shape index (κ1) is 23.0. The molecule has 0 bridgehead atoms. The maximum absolute atomic E-state index is 12.3. The van der Waals surface area contributed by atoms with Crippen molar-refractivity contribution in [3.8, 4) is 0 Å². The van der Waals surface area contributed by atoms with Crippen LogP contribution in [-0.2, 0) is 20.7 Å². The van der Waals surface area contributed by atoms with Crippen LogP contribution in [-0.4, -0.2) is 37.5 Å². The van der Waals surface area contributed by atoms with E-state index in [1.54, 1.807) is 6.07 Å². The Morgan fingerprint density at radius 2 is 1.56 bits per heavy atom. The first-order valence-electron chi connectivity index (χ1n) is 10.8. The van der Waals surface area contributed by atoms with E-state index >= 15 is 0 Å². The van der Waals surface area contributed by atoms with Crippen LogP contribution in [0.3, 0.4) is 0 Å². The summed E-state index contributed by atoms with van der Waals surface area (Å²) < 4.78 is 5.11. The van der Waals surface area contributed by atoms with Gasteiger partial charge in [0.15, 0.2) is 0 Å². The molecule has 0 unspecified atom stereocenters. The standard InChI is InChI=1S/C26H28N2O4/c1-19-6-8-20(9-7-19)10-13-24(29)27-16-17-32-25(30)14-15-28-26(31)23-12-11-21-4-2-3-5-22(21)18-23/h2-9,11-12,18H,10,13-17H2,1H3,(H,27,29)(H,28,31). The van der Waals surface area contributed by atoms with Crippen LogP contribution in [0.25, 0.3) is 10.8 Å². The van der Waals surface area contributed by atoms with Crippen LogP contribution in [0.2, 0.25) is 0 Å². The number of benzene rings is 3. The highest BCUT2D eigenvalue weighted by Crippen LogP contribution is 2.15. The van der Waals surface area contributed by atoms with Gasteiger partial charge in [-0.05, 0) is 41.8 Å². The molecule has 0 heterocycles. The van der Waals surface area contributed by atoms with Gasteiger partial charge in [0.05, 0.1) is 13.0 Å². The Labute approximate surface area is 188 Å². The fraction of sp³-hybridized carbons (Fsp3) is 0.269. The molecule has 0 aromatic heterocycles. The van der Waals surface area contributed by atoms with Crippen molar-refractivity contribution in [1.29, 1.82) is 0 Å². The molecule has 0 radical (unpaired) electrons. The number of rotatable bonds is 10. The van der Waals surface area contributed by atoms with Gasteiger partial charge < -0.3 is 15.4 Å². The molecule has 6 heteroatoms. The molecule has 0 fully saturated rings. The molecule has 2 amide bonds. The van der Waals surface area contributed by atoms with Crippen molar-refractivity contribution in [3.05, 3.63) is 83.4 Å². The SMILES string of the molecule is Cc1ccc(CCC(=O)NCCOC(=O)CCNC(=O)c2ccc3ccccc3c2)cc1. The molecule has 166 valence electrons. The maximum Gasteiger partial charge on any atom is 0.307 e. The van der Waals surface area contributed by atoms with Gasteiger partial charge >= 0.3 is 5.97 Å². The van der Waals surface area contributed by atoms with Crippen LogP contribution >= 0.6 is 0 Å². The first-order chi connectivity index (χ1) is 15.5. The highest BCUT2D eigenvalue weighted by atomic mass is 16.5. The molecule has 0 aliphatic carbocycles. The zero-order valence-electron chi connectivity index (χ0n) is 18.2. The summed E-state index contributed by atoms with van der Waals surface area (Å²) in [5.74, 6) is -0.730. The molecule has 0 spiro atoms. The molecule has 2 N–H and O–H groups in total. The Morgan fingerprint density at radius 1 is 0.812 bits per heavy atom. The van der Waals surface area contributed by atoms with Crippen LogP contribution in [0.1, 0.15) is 34.3 Å². The second-order valence-corrected chi connectivity index (χ2v) is 7.62. The quantitative estimate of drug-likeness (QED) is 0.379. The van der Waals surface area contributed by atoms with Crippen LogP contribution in [0, 0.1) is 6.92 Å². The fourth-order valence-corrected chi connectivity index (χ4v) is 3.24. The Bertz CT molecular complexity index is 1080. The average Bonchev–Trinajstić information content (AvgIpc) is 2.81. The van der Waals surface area contributed by atoms with Crippen molar-refractivity contribution in [2.75, 3.05) is 19.7 Å². The number of hydrogen-bond donors (Lipinski definition) is 2. The van der Waals surface area contributed by atoms with Crippen LogP contribution in [0.4, 0.5) is 0 Å². The second-order valence-electron chi connectivity index (χ2n) is 7.62. The number of hydrogen-bond acceptors (Lipinski definition) is 4. The van der Waals surface area contributed by atoms with Crippen molar-refractivity contribution >= 4 is 28.6 Å². The molecular weight excluding hydrogens is 404 g/mol. The summed E-state index contributed by atoms with van der Waals surface area (Å²) in [6.07, 6.45) is 1.13. The zero-order valence-corrected chi connectivity index (χ0v) is 18.2. The van der Waals surface area contributed by atoms with Crippen molar-refractivity contribution in [3.63, 3.8) is 0 Å². The highest BCUT2D eigenvalue weighted by Gasteiger charge is 2.09. The average molecular weight is 433 g/mol. The van der Waals surface area contributed by atoms with Gasteiger partial charge in [0.25, 0.3) is 5.91 Å². The molecule has 0 atom stereocenters. The number of ether oxygens (including phenoxy) is 1. The third kappa shape index (κ3) is 7.23. The van der Waals surface area contributed by atoms with E-state index in [-0.39, 0.29) is 37.9 Å². The smallest absolute Gasteiger partial charge is 0.307 e. The lowest BCUT2D eigenvalue weighted by Crippen LogP contribution is -2.29. The zero-order chi connectivity index (χ0) is 22.8. The summed E-state index contributed by atoms with van der Waals surface area (Å²) in [6.45, 7) is 2.58. The van der Waals surface area contributed by atoms with E-state index in [4.69, 9.17) is 4.74 Å². The van der Waals surface area contributed by atoms with Gasteiger partial charge in [-0.3, -0.25) is 14.4 Å². The number of nitrogens with one attached hydrogen (secondary N) is 2. The summed E-state index contributed by atoms with van der Waals surface area (Å²) in [7, 11) is 0. The van der Waals surface area contributed by atoms with Crippen molar-refractivity contribution in [2.45, 2.75) is 26.2 Å². The monoisotopic (exact) mass is 432 g/mol. The first-order valence-corrected chi connectivity index (χ1v) is 10.8. The van der Waals surface area contributed by atoms with E-state index in [0.717, 1.165) is 16.3 Å². The molecule has 3 aromatic rings. The van der Waals surface area contributed by atoms with E-state index in [9.17, 15) is 14.4 Å². The summed E-state index contributed by atoms with van der Waals surface area (Å²) in [6, 6.07) is 21.4. The minimum atomic E-state index is -0.419. The van der Waals surface area contributed by atoms with Crippen molar-refractivity contribution < 1.29 is 19.1 Å². The molecule has 3 aromatic carbocycles. The van der Waals surface area contributed by atoms with Gasteiger partial charge in [-0.2, -0.15) is 0 Å². The predicted octanol–water partition coefficient (Wildman–Crippen LogP) is 3.56. The molecule has 0 aliphatic heterocycles. The van der Waals surface area contributed by atoms with Gasteiger partial charge in [0, 0.05) is 18.5 Å². The molecule has 3 rings (SSSR count). The van der Waals surface area contributed by atoms with Crippen LogP contribution in [0.5, 0.6) is 0 Å². The fourth-order valence-electron chi connectivity index (χ4n) is 3.24. The third-order valence-corrected chi connectivity index (χ3v) is 5.07. The molecule has 6 nitrogen and oxygen atoms in total. The minimum Gasteiger partial charge on any atom is -0.464 e. The molecule has 0 saturated heterocycles. The molecule has 0 aliphatic rings. The number of amides is 2. The van der Waals surface area contributed by atoms with Crippen molar-refractivity contribution in [1.82, 2.24) is 10.6 Å². The van der Waals surface area contributed by atoms with E-state index in [1.165, 1.54) is 5.56 Å². The Morgan fingerprint density at radius 3 is 2.34 bits per heavy atom. The second kappa shape index (κ2) is 11.6. The number of aryl methyl sites for hydroxylation is 2. The lowest BCUT2D eigenvalue weighted by molar-refractivity contribution is -0.143. The summed E-state index contributed by atoms with van der Waals surface area (Å²) in [5, 5.41) is 7.52. The van der Waals surface area contributed by atoms with Crippen molar-refractivity contribution in [2.24, 2.45) is 0 Å². The number of esters is 1. The minimum absolute atomic E-state index is 0.0701. The number of carbonyl (C=O) groups excluding carboxylic acids is 3. The lowest BCUT2D eigenvalue weighted by atomic mass is 10.1. The largest absolute Gasteiger partial charge is 0.464 e. The Balaban J connectivity index is 1.27. The summed E-state index contributed by atoms with van der Waals surface area (Å²) >= 11 is 0. The number of fused-ring (bicyclic) bond motifs is 1. The highest BCUT2D eigenvalue weighted by molar-refractivity contribution is 5.98. The normalized spacial score (nSPS) is 10.5. The van der Waals surface area contributed by atoms with Gasteiger partial charge in [0.1, 0.15) is 6.61 Å². The maximum atomic E-state index is 12.3. The van der Waals surface area contributed by atoms with Crippen LogP contribution in [0.15, 0.2) is 66.7 Å². The molecule has 0 saturated carbocycles. The third-order valence-electron chi connectivity index (χ3n) is 5.07. The Hall–Kier alpha value is -3.67. The molecule has 32 heavy (non-hydrogen) atoms. The van der Waals surface area contributed by atoms with Gasteiger partial charge in [-0.25, -0.2) is 0 Å². The van der Waals surface area contributed by atoms with Crippen LogP contribution < -0.4 is 10.6 Å². The Kier molecular flexibility index (Phi) is 8.37. The predicted molar refractivity (Wildman–Crippen MR) is 124 cm³/mol. The lowest BCUT2D eigenvalue weighted by Gasteiger charge is -2.08. The topological polar surface area (TPSA) is 84.5 Å². The van der Waals surface area contributed by atoms with Gasteiger partial charge in [-0.1, -0.05) is 60.2 Å². The summed E-state index contributed by atoms with van der Waals surface area (Å²) in [5.41, 5.74) is 2.85. The number of carbonyl (C=O) groups is 3. The van der Waals surface area contributed by atoms with E-state index in [1.807, 2.05) is 67.6 Å². The molecular formula is C26H28N2O4. The van der Waals surface area contributed by atoms with E-state index in [0.29, 0.717) is 18.4 Å². The van der Waals surface area contributed by atoms with E-state index < -0.39 is 5.97 Å².